The Bertz CT molecular complexity index is 1360. The molecule has 224 valence electrons. The normalized spacial score (nSPS) is 12.7. The summed E-state index contributed by atoms with van der Waals surface area (Å²) in [4.78, 5) is 40.1. The molecule has 3 N–H and O–H groups in total. The van der Waals surface area contributed by atoms with Crippen LogP contribution in [-0.4, -0.2) is 58.9 Å². The number of benzene rings is 3. The van der Waals surface area contributed by atoms with Crippen LogP contribution < -0.4 is 10.6 Å². The fourth-order valence-electron chi connectivity index (χ4n) is 4.58. The summed E-state index contributed by atoms with van der Waals surface area (Å²) < 4.78 is 28.3. The number of nitrogens with one attached hydrogen (secondary N) is 2. The number of hydrogen-bond acceptors (Lipinski definition) is 4. The SMILES string of the molecule is CCc1ccc(CNC(=O)CN(CC(C)(F)F)C(=O)C(O)C(Cc2ccccc2)NC(=O)c2cccc(C)c2C)cc1. The Balaban J connectivity index is 1.80. The molecule has 0 radical (unpaired) electrons. The maximum absolute atomic E-state index is 14.2. The summed E-state index contributed by atoms with van der Waals surface area (Å²) in [5.41, 5.74) is 4.67. The Morgan fingerprint density at radius 2 is 1.55 bits per heavy atom. The molecule has 9 heteroatoms. The van der Waals surface area contributed by atoms with Gasteiger partial charge in [-0.05, 0) is 60.6 Å². The van der Waals surface area contributed by atoms with Crippen molar-refractivity contribution in [2.45, 2.75) is 65.1 Å². The highest BCUT2D eigenvalue weighted by Crippen LogP contribution is 2.18. The van der Waals surface area contributed by atoms with E-state index in [-0.39, 0.29) is 13.0 Å². The van der Waals surface area contributed by atoms with Gasteiger partial charge < -0.3 is 20.6 Å². The molecule has 0 aliphatic carbocycles. The van der Waals surface area contributed by atoms with Crippen LogP contribution >= 0.6 is 0 Å². The average Bonchev–Trinajstić information content (AvgIpc) is 2.96. The first-order valence-electron chi connectivity index (χ1n) is 14.0. The van der Waals surface area contributed by atoms with Crippen molar-refractivity contribution in [2.24, 2.45) is 0 Å². The van der Waals surface area contributed by atoms with Crippen molar-refractivity contribution in [3.63, 3.8) is 0 Å². The second-order valence-corrected chi connectivity index (χ2v) is 10.7. The van der Waals surface area contributed by atoms with Crippen LogP contribution in [0.2, 0.25) is 0 Å². The molecule has 0 saturated carbocycles. The van der Waals surface area contributed by atoms with Gasteiger partial charge in [-0.25, -0.2) is 8.78 Å². The molecule has 42 heavy (non-hydrogen) atoms. The van der Waals surface area contributed by atoms with E-state index in [1.807, 2.05) is 44.2 Å². The summed E-state index contributed by atoms with van der Waals surface area (Å²) in [5.74, 6) is -5.58. The molecule has 3 aromatic rings. The van der Waals surface area contributed by atoms with E-state index in [0.29, 0.717) is 17.4 Å². The van der Waals surface area contributed by atoms with Gasteiger partial charge in [-0.15, -0.1) is 0 Å². The monoisotopic (exact) mass is 579 g/mol. The maximum atomic E-state index is 14.2. The first-order valence-corrected chi connectivity index (χ1v) is 14.0. The molecule has 3 rings (SSSR count). The number of alkyl halides is 2. The second-order valence-electron chi connectivity index (χ2n) is 10.7. The Kier molecular flexibility index (Phi) is 11.3. The number of halogens is 2. The number of nitrogens with zero attached hydrogens (tertiary/aromatic N) is 1. The van der Waals surface area contributed by atoms with Gasteiger partial charge in [0.25, 0.3) is 17.7 Å². The summed E-state index contributed by atoms with van der Waals surface area (Å²) in [6, 6.07) is 20.6. The highest BCUT2D eigenvalue weighted by Gasteiger charge is 2.36. The van der Waals surface area contributed by atoms with E-state index in [2.05, 4.69) is 10.6 Å². The molecule has 0 bridgehead atoms. The Labute approximate surface area is 245 Å². The Morgan fingerprint density at radius 3 is 2.17 bits per heavy atom. The third-order valence-electron chi connectivity index (χ3n) is 7.13. The van der Waals surface area contributed by atoms with Crippen molar-refractivity contribution in [1.29, 1.82) is 0 Å². The van der Waals surface area contributed by atoms with Gasteiger partial charge in [-0.1, -0.05) is 73.7 Å². The summed E-state index contributed by atoms with van der Waals surface area (Å²) in [7, 11) is 0. The smallest absolute Gasteiger partial charge is 0.262 e. The number of aliphatic hydroxyl groups is 1. The van der Waals surface area contributed by atoms with E-state index in [9.17, 15) is 28.3 Å². The van der Waals surface area contributed by atoms with E-state index in [1.165, 1.54) is 0 Å². The topological polar surface area (TPSA) is 98.7 Å². The molecule has 2 unspecified atom stereocenters. The number of aryl methyl sites for hydroxylation is 2. The van der Waals surface area contributed by atoms with E-state index in [0.717, 1.165) is 34.2 Å². The molecule has 0 aromatic heterocycles. The van der Waals surface area contributed by atoms with Crippen molar-refractivity contribution < 1.29 is 28.3 Å². The summed E-state index contributed by atoms with van der Waals surface area (Å²) in [5, 5.41) is 16.6. The molecular weight excluding hydrogens is 540 g/mol. The zero-order valence-electron chi connectivity index (χ0n) is 24.5. The molecule has 0 aliphatic heterocycles. The van der Waals surface area contributed by atoms with Crippen molar-refractivity contribution in [2.75, 3.05) is 13.1 Å². The second kappa shape index (κ2) is 14.7. The van der Waals surface area contributed by atoms with E-state index in [4.69, 9.17) is 0 Å². The van der Waals surface area contributed by atoms with Gasteiger partial charge >= 0.3 is 0 Å². The van der Waals surface area contributed by atoms with Crippen LogP contribution in [0.4, 0.5) is 8.78 Å². The minimum atomic E-state index is -3.33. The number of amides is 3. The molecular formula is C33H39F2N3O4. The zero-order valence-corrected chi connectivity index (χ0v) is 24.5. The van der Waals surface area contributed by atoms with Gasteiger partial charge in [-0.2, -0.15) is 0 Å². The molecule has 0 spiro atoms. The third-order valence-corrected chi connectivity index (χ3v) is 7.13. The molecule has 3 aromatic carbocycles. The first-order chi connectivity index (χ1) is 19.9. The fourth-order valence-corrected chi connectivity index (χ4v) is 4.58. The van der Waals surface area contributed by atoms with Gasteiger partial charge in [0.1, 0.15) is 0 Å². The predicted octanol–water partition coefficient (Wildman–Crippen LogP) is 4.37. The highest BCUT2D eigenvalue weighted by atomic mass is 19.3. The summed E-state index contributed by atoms with van der Waals surface area (Å²) >= 11 is 0. The maximum Gasteiger partial charge on any atom is 0.262 e. The lowest BCUT2D eigenvalue weighted by Crippen LogP contribution is -2.55. The van der Waals surface area contributed by atoms with E-state index in [1.54, 1.807) is 49.4 Å². The van der Waals surface area contributed by atoms with Crippen LogP contribution in [0.25, 0.3) is 0 Å². The van der Waals surface area contributed by atoms with Gasteiger partial charge in [0.2, 0.25) is 5.91 Å². The average molecular weight is 580 g/mol. The molecule has 0 aliphatic rings. The first kappa shape index (κ1) is 32.4. The number of carbonyl (C=O) groups excluding carboxylic acids is 3. The van der Waals surface area contributed by atoms with Crippen LogP contribution in [0.5, 0.6) is 0 Å². The molecule has 0 fully saturated rings. The van der Waals surface area contributed by atoms with E-state index >= 15 is 0 Å². The van der Waals surface area contributed by atoms with Gasteiger partial charge in [0.15, 0.2) is 6.10 Å². The van der Waals surface area contributed by atoms with Crippen LogP contribution in [0.3, 0.4) is 0 Å². The molecule has 2 atom stereocenters. The van der Waals surface area contributed by atoms with Crippen molar-refractivity contribution in [3.8, 4) is 0 Å². The lowest BCUT2D eigenvalue weighted by molar-refractivity contribution is -0.149. The van der Waals surface area contributed by atoms with Crippen LogP contribution in [-0.2, 0) is 29.0 Å². The fraction of sp³-hybridized carbons (Fsp3) is 0.364. The van der Waals surface area contributed by atoms with Crippen LogP contribution in [0.1, 0.15) is 52.0 Å². The number of rotatable bonds is 13. The predicted molar refractivity (Wildman–Crippen MR) is 158 cm³/mol. The van der Waals surface area contributed by atoms with Gasteiger partial charge in [0, 0.05) is 19.0 Å². The molecule has 7 nitrogen and oxygen atoms in total. The lowest BCUT2D eigenvalue weighted by Gasteiger charge is -2.31. The molecule has 3 amide bonds. The summed E-state index contributed by atoms with van der Waals surface area (Å²) in [6.07, 6.45) is -0.968. The Hall–Kier alpha value is -4.11. The standard InChI is InChI=1S/C33H39F2N3O4/c1-5-24-14-16-26(17-15-24)19-36-29(39)20-38(21-33(4,34)35)32(42)30(40)28(18-25-11-7-6-8-12-25)37-31(41)27-13-9-10-22(2)23(27)3/h6-17,28,30,40H,5,18-21H2,1-4H3,(H,36,39)(H,37,41). The van der Waals surface area contributed by atoms with Crippen molar-refractivity contribution >= 4 is 17.7 Å². The third kappa shape index (κ3) is 9.48. The number of aliphatic hydroxyl groups excluding tert-OH is 1. The Morgan fingerprint density at radius 1 is 0.905 bits per heavy atom. The molecule has 0 heterocycles. The number of hydrogen-bond donors (Lipinski definition) is 3. The van der Waals surface area contributed by atoms with Gasteiger partial charge in [-0.3, -0.25) is 14.4 Å². The quantitative estimate of drug-likeness (QED) is 0.280. The van der Waals surface area contributed by atoms with Crippen molar-refractivity contribution in [3.05, 3.63) is 106 Å². The zero-order chi connectivity index (χ0) is 30.9. The number of carbonyl (C=O) groups is 3. The van der Waals surface area contributed by atoms with Crippen LogP contribution in [0.15, 0.2) is 72.8 Å². The van der Waals surface area contributed by atoms with Crippen LogP contribution in [0, 0.1) is 13.8 Å². The highest BCUT2D eigenvalue weighted by molar-refractivity contribution is 5.97. The molecule has 0 saturated heterocycles. The van der Waals surface area contributed by atoms with Gasteiger partial charge in [0.05, 0.1) is 19.1 Å². The summed E-state index contributed by atoms with van der Waals surface area (Å²) in [6.45, 7) is 4.70. The minimum Gasteiger partial charge on any atom is -0.381 e. The van der Waals surface area contributed by atoms with E-state index < -0.39 is 48.9 Å². The lowest BCUT2D eigenvalue weighted by atomic mass is 9.98. The minimum absolute atomic E-state index is 0.0562. The largest absolute Gasteiger partial charge is 0.381 e. The van der Waals surface area contributed by atoms with Crippen molar-refractivity contribution in [1.82, 2.24) is 15.5 Å².